The minimum absolute atomic E-state index is 0.123. The molecule has 1 unspecified atom stereocenters. The summed E-state index contributed by atoms with van der Waals surface area (Å²) in [6.45, 7) is 8.02. The molecular weight excluding hydrogens is 390 g/mol. The molecule has 0 aliphatic heterocycles. The van der Waals surface area contributed by atoms with E-state index in [1.54, 1.807) is 31.2 Å². The molecule has 3 rings (SSSR count). The lowest BCUT2D eigenvalue weighted by Crippen LogP contribution is -2.36. The maximum absolute atomic E-state index is 12.5. The zero-order valence-electron chi connectivity index (χ0n) is 16.9. The van der Waals surface area contributed by atoms with Gasteiger partial charge in [-0.25, -0.2) is 0 Å². The fraction of sp³-hybridized carbons (Fsp3) is 0.318. The first-order valence-electron chi connectivity index (χ1n) is 9.47. The Morgan fingerprint density at radius 1 is 1.17 bits per heavy atom. The van der Waals surface area contributed by atoms with Crippen LogP contribution < -0.4 is 10.1 Å². The summed E-state index contributed by atoms with van der Waals surface area (Å²) in [6.07, 6.45) is -0.659. The molecule has 152 valence electrons. The van der Waals surface area contributed by atoms with Crippen LogP contribution in [0.1, 0.15) is 43.7 Å². The highest BCUT2D eigenvalue weighted by Gasteiger charge is 2.18. The number of aromatic nitrogens is 2. The SMILES string of the molecule is Cc1ccc(C(C)C)c(OC(C)C(=O)NCc2nc(-c3ccc(Cl)cc3)no2)c1. The van der Waals surface area contributed by atoms with Gasteiger partial charge < -0.3 is 14.6 Å². The number of benzene rings is 2. The number of hydrogen-bond donors (Lipinski definition) is 1. The number of amides is 1. The van der Waals surface area contributed by atoms with Gasteiger partial charge in [0.05, 0.1) is 6.54 Å². The molecule has 1 N–H and O–H groups in total. The molecule has 1 amide bonds. The van der Waals surface area contributed by atoms with Crippen LogP contribution in [0, 0.1) is 6.92 Å². The Bertz CT molecular complexity index is 983. The number of hydrogen-bond acceptors (Lipinski definition) is 5. The van der Waals surface area contributed by atoms with Crippen LogP contribution in [0.4, 0.5) is 0 Å². The predicted molar refractivity (Wildman–Crippen MR) is 112 cm³/mol. The molecule has 0 aliphatic carbocycles. The van der Waals surface area contributed by atoms with Crippen molar-refractivity contribution in [3.8, 4) is 17.1 Å². The van der Waals surface area contributed by atoms with Crippen molar-refractivity contribution in [1.82, 2.24) is 15.5 Å². The molecule has 1 heterocycles. The van der Waals surface area contributed by atoms with Crippen LogP contribution in [0.3, 0.4) is 0 Å². The number of carbonyl (C=O) groups is 1. The Morgan fingerprint density at radius 3 is 2.59 bits per heavy atom. The molecule has 2 aromatic carbocycles. The maximum atomic E-state index is 12.5. The largest absolute Gasteiger partial charge is 0.481 e. The summed E-state index contributed by atoms with van der Waals surface area (Å²) < 4.78 is 11.1. The number of ether oxygens (including phenoxy) is 1. The van der Waals surface area contributed by atoms with E-state index < -0.39 is 6.10 Å². The third kappa shape index (κ3) is 5.35. The van der Waals surface area contributed by atoms with Crippen molar-refractivity contribution >= 4 is 17.5 Å². The van der Waals surface area contributed by atoms with E-state index >= 15 is 0 Å². The van der Waals surface area contributed by atoms with Crippen LogP contribution >= 0.6 is 11.6 Å². The van der Waals surface area contributed by atoms with Gasteiger partial charge in [0.2, 0.25) is 11.7 Å². The Kier molecular flexibility index (Phi) is 6.54. The molecule has 0 spiro atoms. The van der Waals surface area contributed by atoms with Crippen molar-refractivity contribution in [1.29, 1.82) is 0 Å². The van der Waals surface area contributed by atoms with E-state index in [-0.39, 0.29) is 12.5 Å². The number of halogens is 1. The summed E-state index contributed by atoms with van der Waals surface area (Å²) in [4.78, 5) is 16.8. The molecule has 29 heavy (non-hydrogen) atoms. The van der Waals surface area contributed by atoms with Crippen molar-refractivity contribution in [3.05, 3.63) is 64.5 Å². The van der Waals surface area contributed by atoms with Crippen molar-refractivity contribution < 1.29 is 14.1 Å². The number of aryl methyl sites for hydroxylation is 1. The molecule has 0 bridgehead atoms. The number of nitrogens with zero attached hydrogens (tertiary/aromatic N) is 2. The van der Waals surface area contributed by atoms with Crippen LogP contribution in [0.5, 0.6) is 5.75 Å². The lowest BCUT2D eigenvalue weighted by atomic mass is 10.0. The first-order valence-corrected chi connectivity index (χ1v) is 9.84. The highest BCUT2D eigenvalue weighted by Crippen LogP contribution is 2.28. The van der Waals surface area contributed by atoms with E-state index in [4.69, 9.17) is 20.9 Å². The van der Waals surface area contributed by atoms with Gasteiger partial charge in [0.25, 0.3) is 5.91 Å². The van der Waals surface area contributed by atoms with Crippen LogP contribution in [-0.2, 0) is 11.3 Å². The van der Waals surface area contributed by atoms with E-state index in [1.807, 2.05) is 25.1 Å². The average molecular weight is 414 g/mol. The molecule has 0 aliphatic rings. The smallest absolute Gasteiger partial charge is 0.261 e. The van der Waals surface area contributed by atoms with Gasteiger partial charge in [-0.15, -0.1) is 0 Å². The summed E-state index contributed by atoms with van der Waals surface area (Å²) in [6, 6.07) is 13.2. The maximum Gasteiger partial charge on any atom is 0.261 e. The second-order valence-electron chi connectivity index (χ2n) is 7.19. The van der Waals surface area contributed by atoms with Gasteiger partial charge >= 0.3 is 0 Å². The monoisotopic (exact) mass is 413 g/mol. The zero-order valence-corrected chi connectivity index (χ0v) is 17.7. The number of carbonyl (C=O) groups excluding carboxylic acids is 1. The van der Waals surface area contributed by atoms with Gasteiger partial charge in [-0.1, -0.05) is 42.7 Å². The molecule has 0 fully saturated rings. The second kappa shape index (κ2) is 9.09. The van der Waals surface area contributed by atoms with Crippen LogP contribution in [0.15, 0.2) is 47.0 Å². The van der Waals surface area contributed by atoms with Crippen LogP contribution in [0.2, 0.25) is 5.02 Å². The standard InChI is InChI=1S/C22H24ClN3O3/c1-13(2)18-10-5-14(3)11-19(18)28-15(4)22(27)24-12-20-25-21(26-29-20)16-6-8-17(23)9-7-16/h5-11,13,15H,12H2,1-4H3,(H,24,27). The molecule has 0 radical (unpaired) electrons. The van der Waals surface area contributed by atoms with E-state index in [0.717, 1.165) is 22.4 Å². The van der Waals surface area contributed by atoms with Gasteiger partial charge in [-0.3, -0.25) is 4.79 Å². The zero-order chi connectivity index (χ0) is 21.0. The summed E-state index contributed by atoms with van der Waals surface area (Å²) in [5, 5.41) is 7.34. The first-order chi connectivity index (χ1) is 13.8. The average Bonchev–Trinajstić information content (AvgIpc) is 3.15. The topological polar surface area (TPSA) is 77.2 Å². The lowest BCUT2D eigenvalue weighted by Gasteiger charge is -2.19. The Hall–Kier alpha value is -2.86. The van der Waals surface area contributed by atoms with E-state index in [0.29, 0.717) is 22.7 Å². The van der Waals surface area contributed by atoms with Crippen molar-refractivity contribution in [2.24, 2.45) is 0 Å². The quantitative estimate of drug-likeness (QED) is 0.595. The molecule has 7 heteroatoms. The highest BCUT2D eigenvalue weighted by molar-refractivity contribution is 6.30. The third-order valence-corrected chi connectivity index (χ3v) is 4.70. The third-order valence-electron chi connectivity index (χ3n) is 4.45. The minimum Gasteiger partial charge on any atom is -0.481 e. The van der Waals surface area contributed by atoms with Gasteiger partial charge in [0.15, 0.2) is 6.10 Å². The molecule has 1 atom stereocenters. The predicted octanol–water partition coefficient (Wildman–Crippen LogP) is 4.91. The summed E-state index contributed by atoms with van der Waals surface area (Å²) in [7, 11) is 0. The van der Waals surface area contributed by atoms with E-state index in [2.05, 4.69) is 29.3 Å². The minimum atomic E-state index is -0.659. The Balaban J connectivity index is 1.60. The molecule has 6 nitrogen and oxygen atoms in total. The van der Waals surface area contributed by atoms with Gasteiger partial charge in [-0.2, -0.15) is 4.98 Å². The Labute approximate surface area is 175 Å². The summed E-state index contributed by atoms with van der Waals surface area (Å²) >= 11 is 5.89. The lowest BCUT2D eigenvalue weighted by molar-refractivity contribution is -0.127. The van der Waals surface area contributed by atoms with Gasteiger partial charge in [-0.05, 0) is 61.2 Å². The fourth-order valence-corrected chi connectivity index (χ4v) is 2.94. The number of nitrogens with one attached hydrogen (secondary N) is 1. The molecule has 0 saturated heterocycles. The highest BCUT2D eigenvalue weighted by atomic mass is 35.5. The Morgan fingerprint density at radius 2 is 1.90 bits per heavy atom. The van der Waals surface area contributed by atoms with Crippen LogP contribution in [-0.4, -0.2) is 22.2 Å². The summed E-state index contributed by atoms with van der Waals surface area (Å²) in [5.74, 6) is 1.52. The van der Waals surface area contributed by atoms with E-state index in [1.165, 1.54) is 0 Å². The molecule has 0 saturated carbocycles. The second-order valence-corrected chi connectivity index (χ2v) is 7.63. The van der Waals surface area contributed by atoms with Crippen molar-refractivity contribution in [2.45, 2.75) is 46.3 Å². The molecule has 1 aromatic heterocycles. The van der Waals surface area contributed by atoms with Crippen LogP contribution in [0.25, 0.3) is 11.4 Å². The van der Waals surface area contributed by atoms with E-state index in [9.17, 15) is 4.79 Å². The van der Waals surface area contributed by atoms with Crippen molar-refractivity contribution in [2.75, 3.05) is 0 Å². The number of rotatable bonds is 7. The summed E-state index contributed by atoms with van der Waals surface area (Å²) in [5.41, 5.74) is 2.94. The van der Waals surface area contributed by atoms with Crippen molar-refractivity contribution in [3.63, 3.8) is 0 Å². The fourth-order valence-electron chi connectivity index (χ4n) is 2.81. The van der Waals surface area contributed by atoms with Gasteiger partial charge in [0.1, 0.15) is 5.75 Å². The van der Waals surface area contributed by atoms with Gasteiger partial charge in [0, 0.05) is 10.6 Å². The molecular formula is C22H24ClN3O3. The molecule has 3 aromatic rings. The normalized spacial score (nSPS) is 12.1. The first kappa shape index (κ1) is 20.9.